The fraction of sp³-hybridized carbons (Fsp3) is 0.160. The second-order valence-electron chi connectivity index (χ2n) is 8.33. The molecule has 2 saturated heterocycles. The van der Waals surface area contributed by atoms with E-state index < -0.39 is 0 Å². The molecule has 0 bridgehead atoms. The third-order valence-electron chi connectivity index (χ3n) is 6.68. The summed E-state index contributed by atoms with van der Waals surface area (Å²) in [5, 5.41) is 9.17. The van der Waals surface area contributed by atoms with E-state index in [1.165, 1.54) is 5.69 Å². The van der Waals surface area contributed by atoms with Gasteiger partial charge in [0.05, 0.1) is 17.8 Å². The molecule has 5 heterocycles. The zero-order valence-corrected chi connectivity index (χ0v) is 16.8. The molecule has 31 heavy (non-hydrogen) atoms. The largest absolute Gasteiger partial charge is 0.364 e. The molecule has 0 aliphatic carbocycles. The molecule has 0 spiro atoms. The summed E-state index contributed by atoms with van der Waals surface area (Å²) in [4.78, 5) is 11.7. The van der Waals surface area contributed by atoms with Crippen molar-refractivity contribution in [3.8, 4) is 22.3 Å². The van der Waals surface area contributed by atoms with Gasteiger partial charge in [0, 0.05) is 59.9 Å². The van der Waals surface area contributed by atoms with Crippen LogP contribution in [0.4, 0.5) is 5.69 Å². The summed E-state index contributed by atoms with van der Waals surface area (Å²) in [5.41, 5.74) is 7.44. The molecule has 3 aromatic heterocycles. The molecule has 0 amide bonds. The Morgan fingerprint density at radius 2 is 1.77 bits per heavy atom. The fourth-order valence-corrected chi connectivity index (χ4v) is 4.80. The van der Waals surface area contributed by atoms with Crippen molar-refractivity contribution in [3.05, 3.63) is 79.4 Å². The molecule has 2 aliphatic rings. The van der Waals surface area contributed by atoms with Crippen LogP contribution in [0.25, 0.3) is 38.8 Å². The number of nitrogens with one attached hydrogen (secondary N) is 1. The van der Waals surface area contributed by atoms with Gasteiger partial charge < -0.3 is 10.2 Å². The van der Waals surface area contributed by atoms with Gasteiger partial charge in [-0.05, 0) is 35.4 Å². The highest BCUT2D eigenvalue weighted by Gasteiger charge is 2.45. The summed E-state index contributed by atoms with van der Waals surface area (Å²) in [5.74, 6) is 0. The molecule has 2 aromatic carbocycles. The number of fused-ring (bicyclic) bond motifs is 3. The lowest BCUT2D eigenvalue weighted by molar-refractivity contribution is 0.213. The van der Waals surface area contributed by atoms with E-state index in [0.29, 0.717) is 12.1 Å². The van der Waals surface area contributed by atoms with Crippen LogP contribution in [0.3, 0.4) is 0 Å². The molecule has 1 unspecified atom stereocenters. The molecule has 6 heteroatoms. The Morgan fingerprint density at radius 1 is 0.871 bits per heavy atom. The van der Waals surface area contributed by atoms with E-state index in [0.717, 1.165) is 51.9 Å². The lowest BCUT2D eigenvalue weighted by atomic mass is 9.88. The lowest BCUT2D eigenvalue weighted by Crippen LogP contribution is -2.78. The summed E-state index contributed by atoms with van der Waals surface area (Å²) in [6.45, 7) is 2.21. The molecule has 7 rings (SSSR count). The first-order valence-corrected chi connectivity index (χ1v) is 10.6. The first-order chi connectivity index (χ1) is 15.3. The summed E-state index contributed by atoms with van der Waals surface area (Å²) >= 11 is 0. The van der Waals surface area contributed by atoms with Crippen LogP contribution in [-0.4, -0.2) is 44.8 Å². The minimum atomic E-state index is 0.677. The van der Waals surface area contributed by atoms with Crippen LogP contribution in [0.2, 0.25) is 0 Å². The van der Waals surface area contributed by atoms with Crippen LogP contribution in [0.1, 0.15) is 0 Å². The number of hydrogen-bond acceptors (Lipinski definition) is 5. The van der Waals surface area contributed by atoms with Gasteiger partial charge in [0.1, 0.15) is 0 Å². The molecule has 6 nitrogen and oxygen atoms in total. The highest BCUT2D eigenvalue weighted by atomic mass is 15.4. The Balaban J connectivity index is 1.24. The third kappa shape index (κ3) is 2.52. The topological polar surface area (TPSA) is 58.4 Å². The number of piperazine rings is 1. The van der Waals surface area contributed by atoms with E-state index in [9.17, 15) is 0 Å². The summed E-state index contributed by atoms with van der Waals surface area (Å²) in [7, 11) is 0. The van der Waals surface area contributed by atoms with Crippen LogP contribution in [0.15, 0.2) is 79.4 Å². The van der Waals surface area contributed by atoms with Gasteiger partial charge in [-0.15, -0.1) is 0 Å². The Hall–Kier alpha value is -3.77. The van der Waals surface area contributed by atoms with Crippen molar-refractivity contribution in [3.63, 3.8) is 0 Å². The Bertz CT molecular complexity index is 1430. The normalized spacial score (nSPS) is 19.8. The number of hydrogen-bond donors (Lipinski definition) is 1. The van der Waals surface area contributed by atoms with Gasteiger partial charge in [-0.25, -0.2) is 9.50 Å². The minimum Gasteiger partial charge on any atom is -0.364 e. The number of pyridine rings is 1. The van der Waals surface area contributed by atoms with Crippen molar-refractivity contribution in [2.24, 2.45) is 0 Å². The highest BCUT2D eigenvalue weighted by molar-refractivity contribution is 5.97. The van der Waals surface area contributed by atoms with Gasteiger partial charge >= 0.3 is 0 Å². The van der Waals surface area contributed by atoms with Gasteiger partial charge in [-0.2, -0.15) is 5.10 Å². The van der Waals surface area contributed by atoms with Gasteiger partial charge in [0.2, 0.25) is 0 Å². The second kappa shape index (κ2) is 6.36. The zero-order chi connectivity index (χ0) is 20.4. The standard InChI is InChI=1S/C25H20N6/c1-2-4-22-20(3-1)19(9-10-26-22)21-12-29-31-14-17(11-28-25(21)31)16-5-7-18(8-6-16)30-15-23-24(30)13-27-23/h1-12,14,23-24,27H,13,15H2/t23-,24?/m1/s1. The van der Waals surface area contributed by atoms with Crippen molar-refractivity contribution in [2.45, 2.75) is 12.1 Å². The van der Waals surface area contributed by atoms with Gasteiger partial charge in [-0.1, -0.05) is 30.3 Å². The van der Waals surface area contributed by atoms with Crippen LogP contribution >= 0.6 is 0 Å². The highest BCUT2D eigenvalue weighted by Crippen LogP contribution is 2.33. The molecule has 150 valence electrons. The van der Waals surface area contributed by atoms with Crippen LogP contribution < -0.4 is 10.2 Å². The molecule has 2 fully saturated rings. The first kappa shape index (κ1) is 17.0. The monoisotopic (exact) mass is 404 g/mol. The van der Waals surface area contributed by atoms with Crippen molar-refractivity contribution in [1.82, 2.24) is 24.9 Å². The third-order valence-corrected chi connectivity index (χ3v) is 6.68. The number of nitrogens with zero attached hydrogens (tertiary/aromatic N) is 5. The molecule has 0 radical (unpaired) electrons. The SMILES string of the molecule is c1ccc2c(-c3cnn4cc(-c5ccc(N6C[C@H]7NCC76)cc5)cnc34)ccnc2c1. The maximum Gasteiger partial charge on any atom is 0.162 e. The van der Waals surface area contributed by atoms with E-state index in [4.69, 9.17) is 4.98 Å². The summed E-state index contributed by atoms with van der Waals surface area (Å²) in [6, 6.07) is 20.4. The van der Waals surface area contributed by atoms with Gasteiger partial charge in [-0.3, -0.25) is 4.98 Å². The first-order valence-electron chi connectivity index (χ1n) is 10.6. The average Bonchev–Trinajstić information content (AvgIpc) is 3.24. The number of benzene rings is 2. The Labute approximate surface area is 179 Å². The predicted octanol–water partition coefficient (Wildman–Crippen LogP) is 3.77. The van der Waals surface area contributed by atoms with Gasteiger partial charge in [0.25, 0.3) is 0 Å². The van der Waals surface area contributed by atoms with Crippen LogP contribution in [0.5, 0.6) is 0 Å². The summed E-state index contributed by atoms with van der Waals surface area (Å²) in [6.07, 6.45) is 7.73. The van der Waals surface area contributed by atoms with Crippen LogP contribution in [0, 0.1) is 0 Å². The lowest BCUT2D eigenvalue weighted by Gasteiger charge is -2.57. The second-order valence-corrected chi connectivity index (χ2v) is 8.33. The van der Waals surface area contributed by atoms with Crippen molar-refractivity contribution in [1.29, 1.82) is 0 Å². The smallest absolute Gasteiger partial charge is 0.162 e. The van der Waals surface area contributed by atoms with Crippen molar-refractivity contribution >= 4 is 22.2 Å². The number of aromatic nitrogens is 4. The quantitative estimate of drug-likeness (QED) is 0.496. The Morgan fingerprint density at radius 3 is 2.58 bits per heavy atom. The maximum absolute atomic E-state index is 4.78. The molecule has 1 N–H and O–H groups in total. The van der Waals surface area contributed by atoms with Crippen molar-refractivity contribution in [2.75, 3.05) is 18.0 Å². The molecule has 2 atom stereocenters. The minimum absolute atomic E-state index is 0.677. The molecule has 2 aliphatic heterocycles. The maximum atomic E-state index is 4.78. The number of rotatable bonds is 3. The van der Waals surface area contributed by atoms with E-state index in [2.05, 4.69) is 56.8 Å². The molecular formula is C25H20N6. The number of para-hydroxylation sites is 1. The zero-order valence-electron chi connectivity index (χ0n) is 16.8. The summed E-state index contributed by atoms with van der Waals surface area (Å²) < 4.78 is 1.87. The average molecular weight is 404 g/mol. The number of anilines is 1. The van der Waals surface area contributed by atoms with E-state index in [1.807, 2.05) is 47.4 Å². The van der Waals surface area contributed by atoms with E-state index in [-0.39, 0.29) is 0 Å². The predicted molar refractivity (Wildman–Crippen MR) is 122 cm³/mol. The molecule has 5 aromatic rings. The van der Waals surface area contributed by atoms with Crippen LogP contribution in [-0.2, 0) is 0 Å². The van der Waals surface area contributed by atoms with Crippen molar-refractivity contribution < 1.29 is 0 Å². The molecular weight excluding hydrogens is 384 g/mol. The van der Waals surface area contributed by atoms with Gasteiger partial charge in [0.15, 0.2) is 5.65 Å². The Kier molecular flexibility index (Phi) is 3.48. The molecule has 0 saturated carbocycles. The fourth-order valence-electron chi connectivity index (χ4n) is 4.80. The van der Waals surface area contributed by atoms with E-state index in [1.54, 1.807) is 0 Å². The van der Waals surface area contributed by atoms with E-state index >= 15 is 0 Å².